The summed E-state index contributed by atoms with van der Waals surface area (Å²) in [7, 11) is 0. The molecule has 1 atom stereocenters. The van der Waals surface area contributed by atoms with E-state index in [1.807, 2.05) is 0 Å². The molecule has 0 spiro atoms. The molecule has 6 heteroatoms. The summed E-state index contributed by atoms with van der Waals surface area (Å²) in [4.78, 5) is 37.1. The number of piperidine rings is 1. The van der Waals surface area contributed by atoms with Crippen molar-refractivity contribution in [1.82, 2.24) is 10.2 Å². The lowest BCUT2D eigenvalue weighted by molar-refractivity contribution is -0.136. The molecule has 112 valence electrons. The number of fused-ring (bicyclic) bond motifs is 1. The molecule has 1 fully saturated rings. The van der Waals surface area contributed by atoms with Crippen molar-refractivity contribution in [3.05, 3.63) is 34.9 Å². The van der Waals surface area contributed by atoms with Crippen LogP contribution in [0.25, 0.3) is 0 Å². The second-order valence-electron chi connectivity index (χ2n) is 5.23. The van der Waals surface area contributed by atoms with E-state index < -0.39 is 11.9 Å². The molecule has 0 radical (unpaired) electrons. The summed E-state index contributed by atoms with van der Waals surface area (Å²) < 4.78 is 0. The Morgan fingerprint density at radius 1 is 1.32 bits per heavy atom. The van der Waals surface area contributed by atoms with E-state index in [0.717, 1.165) is 5.56 Å². The van der Waals surface area contributed by atoms with Crippen molar-refractivity contribution in [3.63, 3.8) is 0 Å². The molecule has 22 heavy (non-hydrogen) atoms. The number of amides is 3. The number of carbonyl (C=O) groups excluding carboxylic acids is 3. The minimum absolute atomic E-state index is 0.203. The molecule has 1 aromatic rings. The minimum Gasteiger partial charge on any atom is -0.384 e. The molecule has 6 nitrogen and oxygen atoms in total. The number of hydrogen-bond acceptors (Lipinski definition) is 4. The first-order valence-electron chi connectivity index (χ1n) is 6.97. The topological polar surface area (TPSA) is 86.7 Å². The van der Waals surface area contributed by atoms with E-state index in [0.29, 0.717) is 24.1 Å². The van der Waals surface area contributed by atoms with Crippen molar-refractivity contribution < 1.29 is 19.5 Å². The number of nitrogens with one attached hydrogen (secondary N) is 1. The van der Waals surface area contributed by atoms with Gasteiger partial charge >= 0.3 is 0 Å². The molecule has 3 rings (SSSR count). The molecule has 2 aliphatic rings. The summed E-state index contributed by atoms with van der Waals surface area (Å²) in [5, 5.41) is 11.0. The Hall–Kier alpha value is -2.65. The third kappa shape index (κ3) is 2.47. The Morgan fingerprint density at radius 2 is 2.14 bits per heavy atom. The van der Waals surface area contributed by atoms with Gasteiger partial charge in [-0.15, -0.1) is 0 Å². The summed E-state index contributed by atoms with van der Waals surface area (Å²) in [6.07, 6.45) is 0.589. The lowest BCUT2D eigenvalue weighted by Gasteiger charge is -2.29. The van der Waals surface area contributed by atoms with E-state index in [-0.39, 0.29) is 24.8 Å². The number of carbonyl (C=O) groups is 3. The van der Waals surface area contributed by atoms with Crippen LogP contribution in [0.1, 0.15) is 34.3 Å². The summed E-state index contributed by atoms with van der Waals surface area (Å²) in [6, 6.07) is 4.59. The first-order chi connectivity index (χ1) is 10.6. The van der Waals surface area contributed by atoms with Crippen molar-refractivity contribution in [1.29, 1.82) is 0 Å². The Bertz CT molecular complexity index is 729. The Kier molecular flexibility index (Phi) is 3.65. The van der Waals surface area contributed by atoms with E-state index in [9.17, 15) is 14.4 Å². The third-order valence-electron chi connectivity index (χ3n) is 3.84. The maximum atomic E-state index is 12.4. The molecule has 0 aliphatic carbocycles. The fraction of sp³-hybridized carbons (Fsp3) is 0.312. The molecule has 0 bridgehead atoms. The van der Waals surface area contributed by atoms with Gasteiger partial charge in [-0.25, -0.2) is 0 Å². The van der Waals surface area contributed by atoms with E-state index in [4.69, 9.17) is 5.11 Å². The van der Waals surface area contributed by atoms with E-state index in [1.165, 1.54) is 4.90 Å². The lowest BCUT2D eigenvalue weighted by atomic mass is 10.0. The van der Waals surface area contributed by atoms with Crippen LogP contribution in [-0.4, -0.2) is 40.4 Å². The zero-order valence-electron chi connectivity index (χ0n) is 11.8. The molecule has 2 heterocycles. The second kappa shape index (κ2) is 5.62. The van der Waals surface area contributed by atoms with E-state index in [1.54, 1.807) is 18.2 Å². The Labute approximate surface area is 127 Å². The molecule has 3 amide bonds. The lowest BCUT2D eigenvalue weighted by Crippen LogP contribution is -2.52. The number of hydrogen-bond donors (Lipinski definition) is 2. The molecule has 0 aromatic heterocycles. The van der Waals surface area contributed by atoms with Crippen LogP contribution in [-0.2, 0) is 16.1 Å². The van der Waals surface area contributed by atoms with Crippen molar-refractivity contribution >= 4 is 17.7 Å². The van der Waals surface area contributed by atoms with Crippen LogP contribution in [0.15, 0.2) is 18.2 Å². The quantitative estimate of drug-likeness (QED) is 0.555. The molecule has 0 saturated carbocycles. The molecule has 2 N–H and O–H groups in total. The number of rotatable bonds is 1. The first-order valence-corrected chi connectivity index (χ1v) is 6.97. The van der Waals surface area contributed by atoms with Gasteiger partial charge in [-0.05, 0) is 30.2 Å². The molecule has 1 saturated heterocycles. The van der Waals surface area contributed by atoms with Crippen LogP contribution >= 0.6 is 0 Å². The predicted molar refractivity (Wildman–Crippen MR) is 76.5 cm³/mol. The maximum absolute atomic E-state index is 12.4. The average Bonchev–Trinajstić information content (AvgIpc) is 2.82. The van der Waals surface area contributed by atoms with Crippen LogP contribution in [0.5, 0.6) is 0 Å². The number of nitrogens with zero attached hydrogens (tertiary/aromatic N) is 1. The monoisotopic (exact) mass is 298 g/mol. The van der Waals surface area contributed by atoms with Gasteiger partial charge in [0, 0.05) is 24.1 Å². The van der Waals surface area contributed by atoms with Gasteiger partial charge in [0.1, 0.15) is 12.6 Å². The molecule has 2 aliphatic heterocycles. The number of aliphatic hydroxyl groups excluding tert-OH is 1. The van der Waals surface area contributed by atoms with Gasteiger partial charge in [-0.2, -0.15) is 0 Å². The zero-order valence-corrected chi connectivity index (χ0v) is 11.8. The first kappa shape index (κ1) is 14.3. The Balaban J connectivity index is 1.84. The van der Waals surface area contributed by atoms with Gasteiger partial charge in [0.2, 0.25) is 11.8 Å². The van der Waals surface area contributed by atoms with Gasteiger partial charge in [-0.1, -0.05) is 11.8 Å². The van der Waals surface area contributed by atoms with Crippen molar-refractivity contribution in [2.24, 2.45) is 0 Å². The number of benzene rings is 1. The summed E-state index contributed by atoms with van der Waals surface area (Å²) in [6.45, 7) is 0.105. The standard InChI is InChI=1S/C16H14N2O4/c19-7-1-2-10-3-4-12-11(8-10)9-18(16(12)22)13-5-6-14(20)17-15(13)21/h3-4,8,13,19H,5-7,9H2,(H,17,20,21). The normalized spacial score (nSPS) is 20.3. The summed E-state index contributed by atoms with van der Waals surface area (Å²) in [5.41, 5.74) is 2.07. The minimum atomic E-state index is -0.607. The molecule has 1 aromatic carbocycles. The zero-order chi connectivity index (χ0) is 15.7. The Morgan fingerprint density at radius 3 is 2.86 bits per heavy atom. The van der Waals surface area contributed by atoms with Gasteiger partial charge in [0.15, 0.2) is 0 Å². The summed E-state index contributed by atoms with van der Waals surface area (Å²) >= 11 is 0. The highest BCUT2D eigenvalue weighted by Gasteiger charge is 2.38. The van der Waals surface area contributed by atoms with E-state index >= 15 is 0 Å². The molecular weight excluding hydrogens is 284 g/mol. The van der Waals surface area contributed by atoms with Crippen LogP contribution in [0, 0.1) is 11.8 Å². The second-order valence-corrected chi connectivity index (χ2v) is 5.23. The highest BCUT2D eigenvalue weighted by Crippen LogP contribution is 2.27. The smallest absolute Gasteiger partial charge is 0.255 e. The van der Waals surface area contributed by atoms with Gasteiger partial charge in [0.05, 0.1) is 0 Å². The van der Waals surface area contributed by atoms with Crippen molar-refractivity contribution in [3.8, 4) is 11.8 Å². The van der Waals surface area contributed by atoms with Crippen LogP contribution in [0.4, 0.5) is 0 Å². The van der Waals surface area contributed by atoms with Gasteiger partial charge in [0.25, 0.3) is 5.91 Å². The van der Waals surface area contributed by atoms with Crippen molar-refractivity contribution in [2.45, 2.75) is 25.4 Å². The average molecular weight is 298 g/mol. The van der Waals surface area contributed by atoms with Crippen LogP contribution in [0.2, 0.25) is 0 Å². The maximum Gasteiger partial charge on any atom is 0.255 e. The van der Waals surface area contributed by atoms with Crippen LogP contribution < -0.4 is 5.32 Å². The predicted octanol–water partition coefficient (Wildman–Crippen LogP) is -0.209. The molecular formula is C16H14N2O4. The number of aliphatic hydroxyl groups is 1. The highest BCUT2D eigenvalue weighted by molar-refractivity contribution is 6.05. The highest BCUT2D eigenvalue weighted by atomic mass is 16.2. The van der Waals surface area contributed by atoms with Crippen LogP contribution in [0.3, 0.4) is 0 Å². The molecule has 1 unspecified atom stereocenters. The largest absolute Gasteiger partial charge is 0.384 e. The number of imide groups is 1. The van der Waals surface area contributed by atoms with Gasteiger partial charge in [-0.3, -0.25) is 19.7 Å². The SMILES string of the molecule is O=C1CCC(N2Cc3cc(C#CCO)ccc3C2=O)C(=O)N1. The fourth-order valence-electron chi connectivity index (χ4n) is 2.79. The summed E-state index contributed by atoms with van der Waals surface area (Å²) in [5.74, 6) is 4.43. The van der Waals surface area contributed by atoms with Gasteiger partial charge < -0.3 is 10.0 Å². The van der Waals surface area contributed by atoms with E-state index in [2.05, 4.69) is 17.2 Å². The van der Waals surface area contributed by atoms with Crippen molar-refractivity contribution in [2.75, 3.05) is 6.61 Å². The fourth-order valence-corrected chi connectivity index (χ4v) is 2.79. The third-order valence-corrected chi connectivity index (χ3v) is 3.84.